The Kier molecular flexibility index (Phi) is 3.41. The molecule has 0 N–H and O–H groups in total. The van der Waals surface area contributed by atoms with Crippen LogP contribution in [0.5, 0.6) is 0 Å². The Balaban J connectivity index is 2.47. The number of carbonyl (C=O) groups is 1. The Morgan fingerprint density at radius 3 is 2.83 bits per heavy atom. The van der Waals surface area contributed by atoms with Crippen LogP contribution in [0.15, 0.2) is 21.6 Å². The highest BCUT2D eigenvalue weighted by Gasteiger charge is 2.02. The molecule has 0 aromatic carbocycles. The van der Waals surface area contributed by atoms with Crippen molar-refractivity contribution in [2.24, 2.45) is 5.92 Å². The molecular formula is C9H12O2S. The number of hydrogen-bond donors (Lipinski definition) is 0. The second-order valence-electron chi connectivity index (χ2n) is 2.98. The number of aldehydes is 1. The zero-order valence-corrected chi connectivity index (χ0v) is 8.06. The Morgan fingerprint density at radius 2 is 2.33 bits per heavy atom. The van der Waals surface area contributed by atoms with Gasteiger partial charge in [0.2, 0.25) is 0 Å². The molecular weight excluding hydrogens is 172 g/mol. The fourth-order valence-electron chi connectivity index (χ4n) is 0.724. The van der Waals surface area contributed by atoms with Gasteiger partial charge in [-0.25, -0.2) is 0 Å². The molecule has 3 heteroatoms. The van der Waals surface area contributed by atoms with E-state index in [1.54, 1.807) is 17.8 Å². The third-order valence-corrected chi connectivity index (χ3v) is 2.61. The predicted octanol–water partition coefficient (Wildman–Crippen LogP) is 2.84. The maximum absolute atomic E-state index is 10.3. The summed E-state index contributed by atoms with van der Waals surface area (Å²) in [5.41, 5.74) is 0. The zero-order chi connectivity index (χ0) is 8.97. The van der Waals surface area contributed by atoms with Crippen molar-refractivity contribution in [3.05, 3.63) is 17.9 Å². The average molecular weight is 184 g/mol. The highest BCUT2D eigenvalue weighted by Crippen LogP contribution is 2.22. The Bertz CT molecular complexity index is 253. The predicted molar refractivity (Wildman–Crippen MR) is 49.7 cm³/mol. The maximum atomic E-state index is 10.3. The van der Waals surface area contributed by atoms with Gasteiger partial charge in [0, 0.05) is 5.75 Å². The summed E-state index contributed by atoms with van der Waals surface area (Å²) in [6, 6.07) is 3.52. The van der Waals surface area contributed by atoms with Crippen molar-refractivity contribution in [1.29, 1.82) is 0 Å². The molecule has 0 spiro atoms. The van der Waals surface area contributed by atoms with Crippen LogP contribution >= 0.6 is 11.8 Å². The molecule has 0 amide bonds. The first kappa shape index (κ1) is 9.39. The average Bonchev–Trinajstić information content (AvgIpc) is 2.48. The van der Waals surface area contributed by atoms with Crippen LogP contribution in [0.1, 0.15) is 24.4 Å². The van der Waals surface area contributed by atoms with E-state index in [2.05, 4.69) is 13.8 Å². The second-order valence-corrected chi connectivity index (χ2v) is 4.00. The molecule has 1 aromatic rings. The van der Waals surface area contributed by atoms with Gasteiger partial charge in [0.15, 0.2) is 17.1 Å². The quantitative estimate of drug-likeness (QED) is 0.532. The van der Waals surface area contributed by atoms with Gasteiger partial charge in [-0.1, -0.05) is 25.6 Å². The second kappa shape index (κ2) is 4.36. The van der Waals surface area contributed by atoms with E-state index in [4.69, 9.17) is 4.42 Å². The minimum Gasteiger partial charge on any atom is -0.447 e. The van der Waals surface area contributed by atoms with Crippen LogP contribution in [0, 0.1) is 5.92 Å². The molecule has 0 radical (unpaired) electrons. The zero-order valence-electron chi connectivity index (χ0n) is 7.24. The third kappa shape index (κ3) is 2.74. The standard InChI is InChI=1S/C9H12O2S/c1-7(2)6-12-9-4-3-8(5-10)11-9/h3-5,7H,6H2,1-2H3. The van der Waals surface area contributed by atoms with Gasteiger partial charge >= 0.3 is 0 Å². The van der Waals surface area contributed by atoms with E-state index in [0.29, 0.717) is 11.7 Å². The highest BCUT2D eigenvalue weighted by molar-refractivity contribution is 7.99. The van der Waals surface area contributed by atoms with Crippen LogP contribution in [0.25, 0.3) is 0 Å². The van der Waals surface area contributed by atoms with E-state index in [-0.39, 0.29) is 0 Å². The van der Waals surface area contributed by atoms with Gasteiger partial charge in [0.25, 0.3) is 0 Å². The molecule has 0 fully saturated rings. The van der Waals surface area contributed by atoms with Crippen molar-refractivity contribution in [2.45, 2.75) is 18.9 Å². The SMILES string of the molecule is CC(C)CSc1ccc(C=O)o1. The largest absolute Gasteiger partial charge is 0.447 e. The Morgan fingerprint density at radius 1 is 1.58 bits per heavy atom. The highest BCUT2D eigenvalue weighted by atomic mass is 32.2. The van der Waals surface area contributed by atoms with Crippen molar-refractivity contribution >= 4 is 18.0 Å². The normalized spacial score (nSPS) is 10.6. The molecule has 0 saturated heterocycles. The van der Waals surface area contributed by atoms with Crippen LogP contribution in [-0.2, 0) is 0 Å². The molecule has 0 aliphatic carbocycles. The molecule has 0 unspecified atom stereocenters. The molecule has 0 bridgehead atoms. The monoisotopic (exact) mass is 184 g/mol. The lowest BCUT2D eigenvalue weighted by Crippen LogP contribution is -1.88. The smallest absolute Gasteiger partial charge is 0.185 e. The van der Waals surface area contributed by atoms with E-state index in [1.807, 2.05) is 6.07 Å². The summed E-state index contributed by atoms with van der Waals surface area (Å²) >= 11 is 1.64. The van der Waals surface area contributed by atoms with Gasteiger partial charge in [0.05, 0.1) is 0 Å². The number of hydrogen-bond acceptors (Lipinski definition) is 3. The van der Waals surface area contributed by atoms with Gasteiger partial charge in [-0.2, -0.15) is 0 Å². The Labute approximate surface area is 76.3 Å². The molecule has 1 heterocycles. The summed E-state index contributed by atoms with van der Waals surface area (Å²) < 4.78 is 5.18. The Hall–Kier alpha value is -0.700. The van der Waals surface area contributed by atoms with Crippen molar-refractivity contribution < 1.29 is 9.21 Å². The van der Waals surface area contributed by atoms with E-state index in [9.17, 15) is 4.79 Å². The van der Waals surface area contributed by atoms with Gasteiger partial charge in [0.1, 0.15) is 0 Å². The first-order chi connectivity index (χ1) is 5.72. The first-order valence-electron chi connectivity index (χ1n) is 3.90. The van der Waals surface area contributed by atoms with E-state index in [0.717, 1.165) is 17.1 Å². The summed E-state index contributed by atoms with van der Waals surface area (Å²) in [6.07, 6.45) is 0.722. The lowest BCUT2D eigenvalue weighted by Gasteiger charge is -1.99. The van der Waals surface area contributed by atoms with E-state index >= 15 is 0 Å². The number of rotatable bonds is 4. The van der Waals surface area contributed by atoms with Crippen LogP contribution in [-0.4, -0.2) is 12.0 Å². The third-order valence-electron chi connectivity index (χ3n) is 1.28. The summed E-state index contributed by atoms with van der Waals surface area (Å²) in [7, 11) is 0. The minimum absolute atomic E-state index is 0.404. The van der Waals surface area contributed by atoms with Crippen LogP contribution < -0.4 is 0 Å². The molecule has 0 aliphatic rings. The van der Waals surface area contributed by atoms with Crippen LogP contribution in [0.4, 0.5) is 0 Å². The first-order valence-corrected chi connectivity index (χ1v) is 4.88. The van der Waals surface area contributed by atoms with Gasteiger partial charge in [-0.05, 0) is 18.1 Å². The molecule has 66 valence electrons. The minimum atomic E-state index is 0.404. The molecule has 1 rings (SSSR count). The maximum Gasteiger partial charge on any atom is 0.185 e. The van der Waals surface area contributed by atoms with Crippen molar-refractivity contribution in [2.75, 3.05) is 5.75 Å². The van der Waals surface area contributed by atoms with E-state index in [1.165, 1.54) is 0 Å². The van der Waals surface area contributed by atoms with Gasteiger partial charge in [-0.15, -0.1) is 0 Å². The molecule has 0 atom stereocenters. The number of carbonyl (C=O) groups excluding carboxylic acids is 1. The molecule has 0 saturated carbocycles. The van der Waals surface area contributed by atoms with E-state index < -0.39 is 0 Å². The molecule has 12 heavy (non-hydrogen) atoms. The fourth-order valence-corrected chi connectivity index (χ4v) is 1.54. The lowest BCUT2D eigenvalue weighted by molar-refractivity contribution is 0.109. The van der Waals surface area contributed by atoms with Crippen molar-refractivity contribution in [3.63, 3.8) is 0 Å². The van der Waals surface area contributed by atoms with Crippen LogP contribution in [0.3, 0.4) is 0 Å². The summed E-state index contributed by atoms with van der Waals surface area (Å²) in [5.74, 6) is 2.06. The molecule has 2 nitrogen and oxygen atoms in total. The summed E-state index contributed by atoms with van der Waals surface area (Å²) in [5, 5.41) is 0.825. The lowest BCUT2D eigenvalue weighted by atomic mass is 10.3. The molecule has 0 aliphatic heterocycles. The van der Waals surface area contributed by atoms with Gasteiger partial charge < -0.3 is 4.42 Å². The van der Waals surface area contributed by atoms with Crippen LogP contribution in [0.2, 0.25) is 0 Å². The van der Waals surface area contributed by atoms with Crippen molar-refractivity contribution in [1.82, 2.24) is 0 Å². The topological polar surface area (TPSA) is 30.2 Å². The van der Waals surface area contributed by atoms with Gasteiger partial charge in [-0.3, -0.25) is 4.79 Å². The number of furan rings is 1. The molecule has 1 aromatic heterocycles. The summed E-state index contributed by atoms with van der Waals surface area (Å²) in [4.78, 5) is 10.3. The summed E-state index contributed by atoms with van der Waals surface area (Å²) in [6.45, 7) is 4.30. The van der Waals surface area contributed by atoms with Crippen molar-refractivity contribution in [3.8, 4) is 0 Å². The fraction of sp³-hybridized carbons (Fsp3) is 0.444. The number of thioether (sulfide) groups is 1.